The lowest BCUT2D eigenvalue weighted by atomic mass is 10.3. The van der Waals surface area contributed by atoms with Crippen LogP contribution >= 0.6 is 11.3 Å². The lowest BCUT2D eigenvalue weighted by Crippen LogP contribution is -2.13. The average Bonchev–Trinajstić information content (AvgIpc) is 2.73. The van der Waals surface area contributed by atoms with Crippen LogP contribution in [0, 0.1) is 13.8 Å². The van der Waals surface area contributed by atoms with E-state index in [0.717, 1.165) is 10.7 Å². The van der Waals surface area contributed by atoms with E-state index in [1.807, 2.05) is 12.3 Å². The molecule has 6 heteroatoms. The molecule has 2 aromatic heterocycles. The fraction of sp³-hybridized carbons (Fsp3) is 0.375. The van der Waals surface area contributed by atoms with E-state index < -0.39 is 0 Å². The van der Waals surface area contributed by atoms with Crippen LogP contribution in [0.2, 0.25) is 0 Å². The number of hydrogen-bond donors (Lipinski definition) is 1. The quantitative estimate of drug-likeness (QED) is 0.805. The molecule has 0 aliphatic carbocycles. The van der Waals surface area contributed by atoms with Crippen LogP contribution in [-0.2, 0) is 0 Å². The molecule has 14 heavy (non-hydrogen) atoms. The number of aryl methyl sites for hydroxylation is 2. The molecule has 1 atom stereocenters. The van der Waals surface area contributed by atoms with Crippen LogP contribution in [0.15, 0.2) is 9.90 Å². The van der Waals surface area contributed by atoms with Crippen molar-refractivity contribution in [3.05, 3.63) is 27.8 Å². The minimum atomic E-state index is -0.383. The first-order valence-electron chi connectivity index (χ1n) is 4.14. The van der Waals surface area contributed by atoms with Crippen LogP contribution in [-0.4, -0.2) is 15.1 Å². The molecular weight excluding hydrogens is 200 g/mol. The smallest absolute Gasteiger partial charge is 0.223 e. The van der Waals surface area contributed by atoms with Crippen molar-refractivity contribution in [2.45, 2.75) is 19.9 Å². The van der Waals surface area contributed by atoms with Gasteiger partial charge in [0.1, 0.15) is 11.0 Å². The molecule has 0 saturated carbocycles. The SMILES string of the molecule is Cc1csc(C(N)c2noc(C)n2)n1. The van der Waals surface area contributed by atoms with E-state index in [1.54, 1.807) is 6.92 Å². The molecule has 1 unspecified atom stereocenters. The van der Waals surface area contributed by atoms with Crippen LogP contribution < -0.4 is 5.73 Å². The molecule has 0 amide bonds. The third-order valence-electron chi connectivity index (χ3n) is 1.72. The van der Waals surface area contributed by atoms with E-state index in [0.29, 0.717) is 11.7 Å². The summed E-state index contributed by atoms with van der Waals surface area (Å²) in [4.78, 5) is 8.33. The van der Waals surface area contributed by atoms with Gasteiger partial charge in [0.15, 0.2) is 5.82 Å². The maximum absolute atomic E-state index is 5.91. The molecule has 2 heterocycles. The van der Waals surface area contributed by atoms with Crippen molar-refractivity contribution in [3.63, 3.8) is 0 Å². The summed E-state index contributed by atoms with van der Waals surface area (Å²) in [6.07, 6.45) is 0. The van der Waals surface area contributed by atoms with Crippen molar-refractivity contribution in [2.24, 2.45) is 5.73 Å². The van der Waals surface area contributed by atoms with Gasteiger partial charge in [-0.05, 0) is 6.92 Å². The van der Waals surface area contributed by atoms with E-state index in [1.165, 1.54) is 11.3 Å². The Kier molecular flexibility index (Phi) is 2.30. The molecule has 0 aromatic carbocycles. The highest BCUT2D eigenvalue weighted by Gasteiger charge is 2.17. The Hall–Kier alpha value is -1.27. The van der Waals surface area contributed by atoms with Crippen molar-refractivity contribution < 1.29 is 4.52 Å². The van der Waals surface area contributed by atoms with E-state index in [-0.39, 0.29) is 6.04 Å². The second-order valence-corrected chi connectivity index (χ2v) is 3.87. The van der Waals surface area contributed by atoms with Gasteiger partial charge < -0.3 is 10.3 Å². The van der Waals surface area contributed by atoms with Crippen molar-refractivity contribution in [1.82, 2.24) is 15.1 Å². The van der Waals surface area contributed by atoms with Gasteiger partial charge in [0.2, 0.25) is 5.89 Å². The maximum atomic E-state index is 5.91. The Bertz CT molecular complexity index is 396. The predicted octanol–water partition coefficient (Wildman–Crippen LogP) is 1.19. The number of hydrogen-bond acceptors (Lipinski definition) is 6. The molecule has 0 aliphatic heterocycles. The number of aromatic nitrogens is 3. The molecule has 0 fully saturated rings. The molecule has 0 spiro atoms. The fourth-order valence-corrected chi connectivity index (χ4v) is 1.86. The van der Waals surface area contributed by atoms with Gasteiger partial charge in [-0.15, -0.1) is 11.3 Å². The molecule has 2 aromatic rings. The second kappa shape index (κ2) is 3.47. The van der Waals surface area contributed by atoms with Crippen molar-refractivity contribution in [2.75, 3.05) is 0 Å². The summed E-state index contributed by atoms with van der Waals surface area (Å²) in [6.45, 7) is 3.66. The predicted molar refractivity (Wildman–Crippen MR) is 51.9 cm³/mol. The maximum Gasteiger partial charge on any atom is 0.223 e. The molecule has 5 nitrogen and oxygen atoms in total. The number of nitrogens with zero attached hydrogens (tertiary/aromatic N) is 3. The van der Waals surface area contributed by atoms with Gasteiger partial charge in [0.05, 0.1) is 0 Å². The van der Waals surface area contributed by atoms with Crippen molar-refractivity contribution in [3.8, 4) is 0 Å². The topological polar surface area (TPSA) is 77.8 Å². The van der Waals surface area contributed by atoms with Crippen LogP contribution in [0.25, 0.3) is 0 Å². The summed E-state index contributed by atoms with van der Waals surface area (Å²) in [5.74, 6) is 1.00. The van der Waals surface area contributed by atoms with Gasteiger partial charge in [-0.3, -0.25) is 0 Å². The summed E-state index contributed by atoms with van der Waals surface area (Å²) in [5, 5.41) is 6.51. The Morgan fingerprint density at radius 1 is 1.43 bits per heavy atom. The highest BCUT2D eigenvalue weighted by molar-refractivity contribution is 7.09. The second-order valence-electron chi connectivity index (χ2n) is 2.98. The average molecular weight is 210 g/mol. The lowest BCUT2D eigenvalue weighted by Gasteiger charge is -2.00. The van der Waals surface area contributed by atoms with Gasteiger partial charge >= 0.3 is 0 Å². The highest BCUT2D eigenvalue weighted by Crippen LogP contribution is 2.20. The molecule has 0 aliphatic rings. The van der Waals surface area contributed by atoms with Gasteiger partial charge in [-0.25, -0.2) is 4.98 Å². The van der Waals surface area contributed by atoms with E-state index in [4.69, 9.17) is 10.3 Å². The van der Waals surface area contributed by atoms with Gasteiger partial charge in [-0.1, -0.05) is 5.16 Å². The summed E-state index contributed by atoms with van der Waals surface area (Å²) in [5.41, 5.74) is 6.86. The Morgan fingerprint density at radius 2 is 2.21 bits per heavy atom. The normalized spacial score (nSPS) is 13.1. The third-order valence-corrected chi connectivity index (χ3v) is 2.77. The first-order valence-corrected chi connectivity index (χ1v) is 5.02. The first kappa shape index (κ1) is 9.29. The molecule has 74 valence electrons. The van der Waals surface area contributed by atoms with E-state index >= 15 is 0 Å². The van der Waals surface area contributed by atoms with Crippen molar-refractivity contribution >= 4 is 11.3 Å². The van der Waals surface area contributed by atoms with Crippen LogP contribution in [0.3, 0.4) is 0 Å². The van der Waals surface area contributed by atoms with Gasteiger partial charge in [0, 0.05) is 18.0 Å². The third kappa shape index (κ3) is 1.66. The Balaban J connectivity index is 2.28. The van der Waals surface area contributed by atoms with Gasteiger partial charge in [0.25, 0.3) is 0 Å². The molecule has 0 radical (unpaired) electrons. The lowest BCUT2D eigenvalue weighted by molar-refractivity contribution is 0.385. The summed E-state index contributed by atoms with van der Waals surface area (Å²) in [7, 11) is 0. The molecule has 0 saturated heterocycles. The fourth-order valence-electron chi connectivity index (χ4n) is 1.07. The standard InChI is InChI=1S/C8H10N4OS/c1-4-3-14-8(10-4)6(9)7-11-5(2)13-12-7/h3,6H,9H2,1-2H3. The molecule has 0 bridgehead atoms. The van der Waals surface area contributed by atoms with Crippen LogP contribution in [0.1, 0.15) is 28.5 Å². The van der Waals surface area contributed by atoms with Crippen LogP contribution in [0.5, 0.6) is 0 Å². The van der Waals surface area contributed by atoms with E-state index in [9.17, 15) is 0 Å². The number of rotatable bonds is 2. The summed E-state index contributed by atoms with van der Waals surface area (Å²) in [6, 6.07) is -0.383. The Morgan fingerprint density at radius 3 is 2.71 bits per heavy atom. The zero-order valence-corrected chi connectivity index (χ0v) is 8.71. The van der Waals surface area contributed by atoms with E-state index in [2.05, 4.69) is 15.1 Å². The monoisotopic (exact) mass is 210 g/mol. The summed E-state index contributed by atoms with van der Waals surface area (Å²) >= 11 is 1.50. The van der Waals surface area contributed by atoms with Crippen LogP contribution in [0.4, 0.5) is 0 Å². The molecular formula is C8H10N4OS. The molecule has 2 N–H and O–H groups in total. The summed E-state index contributed by atoms with van der Waals surface area (Å²) < 4.78 is 4.85. The number of nitrogens with two attached hydrogens (primary N) is 1. The van der Waals surface area contributed by atoms with Gasteiger partial charge in [-0.2, -0.15) is 4.98 Å². The largest absolute Gasteiger partial charge is 0.340 e. The minimum absolute atomic E-state index is 0.383. The highest BCUT2D eigenvalue weighted by atomic mass is 32.1. The first-order chi connectivity index (χ1) is 6.66. The zero-order chi connectivity index (χ0) is 10.1. The Labute approximate surface area is 85.0 Å². The zero-order valence-electron chi connectivity index (χ0n) is 7.89. The minimum Gasteiger partial charge on any atom is -0.340 e. The van der Waals surface area contributed by atoms with Crippen molar-refractivity contribution in [1.29, 1.82) is 0 Å². The number of thiazole rings is 1. The molecule has 2 rings (SSSR count).